The molecule has 21 nitrogen and oxygen atoms in total. The molecule has 0 fully saturated rings. The Morgan fingerprint density at radius 3 is 1.34 bits per heavy atom. The predicted molar refractivity (Wildman–Crippen MR) is 346 cm³/mol. The molecule has 6 aromatic carbocycles. The third-order valence-electron chi connectivity index (χ3n) is 14.9. The number of hydrogen-bond acceptors (Lipinski definition) is 13. The van der Waals surface area contributed by atoms with E-state index in [9.17, 15) is 47.5 Å². The van der Waals surface area contributed by atoms with Gasteiger partial charge in [0.15, 0.2) is 6.29 Å². The summed E-state index contributed by atoms with van der Waals surface area (Å²) in [6.07, 6.45) is 4.80. The summed E-state index contributed by atoms with van der Waals surface area (Å²) < 4.78 is 44.9. The maximum Gasteiger partial charge on any atom is 0.330 e. The van der Waals surface area contributed by atoms with E-state index in [2.05, 4.69) is 16.0 Å². The van der Waals surface area contributed by atoms with Gasteiger partial charge in [-0.3, -0.25) is 42.7 Å². The van der Waals surface area contributed by atoms with Crippen molar-refractivity contribution in [3.05, 3.63) is 207 Å². The van der Waals surface area contributed by atoms with Crippen LogP contribution < -0.4 is 65.1 Å². The number of aldehydes is 1. The Kier molecular flexibility index (Phi) is 24.6. The number of carbonyl (C=O) groups excluding carboxylic acids is 5. The van der Waals surface area contributed by atoms with Gasteiger partial charge in [-0.15, -0.1) is 0 Å². The van der Waals surface area contributed by atoms with Crippen molar-refractivity contribution in [2.75, 3.05) is 37.9 Å². The molecular weight excluding hydrogens is 1160 g/mol. The molecule has 23 heteroatoms. The van der Waals surface area contributed by atoms with Crippen molar-refractivity contribution in [2.24, 2.45) is 45.4 Å². The quantitative estimate of drug-likeness (QED) is 0.0313. The maximum absolute atomic E-state index is 15.4. The number of benzene rings is 6. The van der Waals surface area contributed by atoms with Gasteiger partial charge in [-0.2, -0.15) is 0 Å². The van der Waals surface area contributed by atoms with Gasteiger partial charge in [0.25, 0.3) is 22.9 Å². The van der Waals surface area contributed by atoms with Gasteiger partial charge < -0.3 is 51.8 Å². The smallest absolute Gasteiger partial charge is 0.330 e. The summed E-state index contributed by atoms with van der Waals surface area (Å²) in [6, 6.07) is 28.4. The highest BCUT2D eigenvalue weighted by molar-refractivity contribution is 6.05. The summed E-state index contributed by atoms with van der Waals surface area (Å²) in [5.74, 6) is -2.46. The number of carbonyl (C=O) groups is 5. The molecule has 8 aromatic rings. The number of anilines is 2. The van der Waals surface area contributed by atoms with Crippen LogP contribution in [0.5, 0.6) is 11.5 Å². The summed E-state index contributed by atoms with van der Waals surface area (Å²) in [4.78, 5) is 107. The summed E-state index contributed by atoms with van der Waals surface area (Å²) in [5.41, 5.74) is 23.0. The fraction of sp³-hybridized carbons (Fsp3) is 0.269. The van der Waals surface area contributed by atoms with Crippen LogP contribution in [0.2, 0.25) is 0 Å². The van der Waals surface area contributed by atoms with Crippen LogP contribution in [0.4, 0.5) is 20.2 Å². The molecule has 0 aliphatic heterocycles. The first-order chi connectivity index (χ1) is 42.3. The molecule has 0 unspecified atom stereocenters. The monoisotopic (exact) mass is 1230 g/mol. The van der Waals surface area contributed by atoms with Crippen molar-refractivity contribution in [2.45, 2.75) is 67.3 Å². The van der Waals surface area contributed by atoms with Gasteiger partial charge in [0, 0.05) is 76.9 Å². The average molecular weight is 1240 g/mol. The number of methoxy groups -OCH3 is 2. The Hall–Kier alpha value is -10.4. The zero-order chi connectivity index (χ0) is 65.6. The summed E-state index contributed by atoms with van der Waals surface area (Å²) in [5, 5.41) is 8.73. The Morgan fingerprint density at radius 2 is 0.944 bits per heavy atom. The number of halogens is 2. The number of hydrogen-bond donors (Lipinski definition) is 6. The van der Waals surface area contributed by atoms with Crippen molar-refractivity contribution in [1.29, 1.82) is 0 Å². The predicted octanol–water partition coefficient (Wildman–Crippen LogP) is 7.88. The summed E-state index contributed by atoms with van der Waals surface area (Å²) >= 11 is 0. The van der Waals surface area contributed by atoms with Crippen molar-refractivity contribution >= 4 is 41.3 Å². The second-order valence-corrected chi connectivity index (χ2v) is 20.9. The van der Waals surface area contributed by atoms with Crippen molar-refractivity contribution in [3.63, 3.8) is 0 Å². The molecule has 0 radical (unpaired) electrons. The molecule has 0 aliphatic carbocycles. The Labute approximate surface area is 519 Å². The summed E-state index contributed by atoms with van der Waals surface area (Å²) in [7, 11) is 8.45. The first-order valence-electron chi connectivity index (χ1n) is 28.0. The minimum Gasteiger partial charge on any atom is -0.496 e. The van der Waals surface area contributed by atoms with E-state index in [-0.39, 0.29) is 54.6 Å². The highest BCUT2D eigenvalue weighted by Gasteiger charge is 2.22. The fourth-order valence-corrected chi connectivity index (χ4v) is 9.94. The standard InChI is InChI=1S/C33H36FN5O5.C29H26FN3O5.C4H10N2O.CH4/c1-19-22(21-15-27(34)25(29(16-21)44-5)17-36-14-8-13-30(35)40)9-6-10-23(19)24-11-7-12-28(20(24)2)37-31(41)26-18-38(3)33(43)39(4)32(26)42;1-16-19(18-12-24(30)23(15-34)26(13-18)38-5)8-6-9-20(16)21-10-7-11-25(17(21)2)31-27(35)22-14-32(3)29(37)33(4)28(22)36;5-3-1-2-4(6)7;/h6-7,9-12,15-16,18,36H,8,13-14,17H2,1-5H3,(H2,35,40)(H,37,41);6-15H,1-5H3,(H,31,35);1-3,5H2,(H2,6,7);1H4. The molecule has 90 heavy (non-hydrogen) atoms. The normalized spacial score (nSPS) is 10.6. The average Bonchev–Trinajstić information content (AvgIpc) is 0.839. The maximum atomic E-state index is 15.4. The third-order valence-corrected chi connectivity index (χ3v) is 14.9. The molecule has 8 rings (SSSR count). The molecule has 4 amide bonds. The number of amides is 4. The Balaban J connectivity index is 0.000000295. The number of primary amides is 2. The lowest BCUT2D eigenvalue weighted by Crippen LogP contribution is -2.40. The largest absolute Gasteiger partial charge is 0.496 e. The number of aryl methyl sites for hydroxylation is 2. The van der Waals surface area contributed by atoms with Crippen LogP contribution in [0.25, 0.3) is 44.5 Å². The highest BCUT2D eigenvalue weighted by Crippen LogP contribution is 2.40. The fourth-order valence-electron chi connectivity index (χ4n) is 9.94. The van der Waals surface area contributed by atoms with Crippen LogP contribution in [0, 0.1) is 39.3 Å². The zero-order valence-electron chi connectivity index (χ0n) is 51.2. The zero-order valence-corrected chi connectivity index (χ0v) is 51.2. The molecule has 0 saturated carbocycles. The first-order valence-corrected chi connectivity index (χ1v) is 28.0. The lowest BCUT2D eigenvalue weighted by molar-refractivity contribution is -0.118. The molecule has 2 heterocycles. The van der Waals surface area contributed by atoms with E-state index in [0.29, 0.717) is 72.5 Å². The molecule has 0 bridgehead atoms. The van der Waals surface area contributed by atoms with E-state index in [4.69, 9.17) is 26.7 Å². The SMILES string of the molecule is C.COc1cc(-c2cccc(-c3cccc(NC(=O)c4cn(C)c(=O)n(C)c4=O)c3C)c2C)cc(F)c1C=O.COc1cc(-c2cccc(-c3cccc(NC(=O)c4cn(C)c(=O)n(C)c4=O)c3C)c2C)cc(F)c1CNCCCC(N)=O.NCCCC(N)=O. The van der Waals surface area contributed by atoms with E-state index < -0.39 is 45.9 Å². The molecule has 0 spiro atoms. The van der Waals surface area contributed by atoms with Crippen LogP contribution >= 0.6 is 0 Å². The lowest BCUT2D eigenvalue weighted by Gasteiger charge is -2.18. The van der Waals surface area contributed by atoms with Crippen LogP contribution in [0.15, 0.2) is 129 Å². The molecule has 474 valence electrons. The van der Waals surface area contributed by atoms with Gasteiger partial charge in [0.05, 0.1) is 19.8 Å². The van der Waals surface area contributed by atoms with E-state index in [0.717, 1.165) is 64.8 Å². The number of nitrogens with zero attached hydrogens (tertiary/aromatic N) is 4. The minimum atomic E-state index is -0.689. The van der Waals surface area contributed by atoms with Gasteiger partial charge in [-0.05, 0) is 157 Å². The van der Waals surface area contributed by atoms with E-state index in [1.807, 2.05) is 76.2 Å². The third kappa shape index (κ3) is 16.2. The molecule has 0 saturated heterocycles. The van der Waals surface area contributed by atoms with E-state index in [1.165, 1.54) is 76.1 Å². The van der Waals surface area contributed by atoms with Crippen molar-refractivity contribution < 1.29 is 42.2 Å². The molecular formula is C67H76F2N10O11. The van der Waals surface area contributed by atoms with Gasteiger partial charge in [-0.1, -0.05) is 68.1 Å². The van der Waals surface area contributed by atoms with Crippen LogP contribution in [0.1, 0.15) is 92.0 Å². The van der Waals surface area contributed by atoms with Crippen LogP contribution in [0.3, 0.4) is 0 Å². The van der Waals surface area contributed by atoms with Crippen molar-refractivity contribution in [3.8, 4) is 56.0 Å². The number of nitrogens with one attached hydrogen (secondary N) is 3. The number of aromatic nitrogens is 4. The first kappa shape index (κ1) is 70.4. The molecule has 2 aromatic heterocycles. The second kappa shape index (κ2) is 31.5. The van der Waals surface area contributed by atoms with Crippen molar-refractivity contribution in [1.82, 2.24) is 23.6 Å². The second-order valence-electron chi connectivity index (χ2n) is 20.9. The minimum absolute atomic E-state index is 0. The van der Waals surface area contributed by atoms with Gasteiger partial charge in [0.2, 0.25) is 11.8 Å². The lowest BCUT2D eigenvalue weighted by atomic mass is 9.90. The number of ether oxygens (including phenoxy) is 2. The highest BCUT2D eigenvalue weighted by atomic mass is 19.1. The molecule has 0 aliphatic rings. The Bertz CT molecular complexity index is 4280. The van der Waals surface area contributed by atoms with Gasteiger partial charge in [-0.25, -0.2) is 18.4 Å². The summed E-state index contributed by atoms with van der Waals surface area (Å²) in [6.45, 7) is 8.85. The van der Waals surface area contributed by atoms with Crippen LogP contribution in [-0.2, 0) is 44.3 Å². The number of rotatable bonds is 20. The van der Waals surface area contributed by atoms with Crippen LogP contribution in [-0.4, -0.2) is 75.5 Å². The molecule has 0 atom stereocenters. The van der Waals surface area contributed by atoms with Gasteiger partial charge in [0.1, 0.15) is 34.3 Å². The van der Waals surface area contributed by atoms with E-state index >= 15 is 4.39 Å². The number of nitrogens with two attached hydrogens (primary N) is 3. The Morgan fingerprint density at radius 1 is 0.556 bits per heavy atom. The van der Waals surface area contributed by atoms with Gasteiger partial charge >= 0.3 is 11.4 Å². The van der Waals surface area contributed by atoms with E-state index in [1.54, 1.807) is 36.4 Å². The molecule has 9 N–H and O–H groups in total. The topological polar surface area (TPSA) is 306 Å².